The number of carbonyl (C=O) groups excluding carboxylic acids is 1. The Hall–Kier alpha value is -2.09. The Morgan fingerprint density at radius 3 is 2.54 bits per heavy atom. The fraction of sp³-hybridized carbons (Fsp3) is 0.556. The number of tetrazole rings is 1. The average molecular weight is 372 g/mol. The summed E-state index contributed by atoms with van der Waals surface area (Å²) in [5.74, 6) is 0.268. The largest absolute Gasteiger partial charge is 0.372 e. The molecule has 1 aliphatic carbocycles. The van der Waals surface area contributed by atoms with Gasteiger partial charge in [0.15, 0.2) is 0 Å². The van der Waals surface area contributed by atoms with Crippen LogP contribution in [0.4, 0.5) is 11.4 Å². The summed E-state index contributed by atoms with van der Waals surface area (Å²) >= 11 is 1.38. The molecule has 0 bridgehead atoms. The second-order valence-electron chi connectivity index (χ2n) is 6.92. The van der Waals surface area contributed by atoms with E-state index < -0.39 is 0 Å². The Balaban J connectivity index is 1.29. The summed E-state index contributed by atoms with van der Waals surface area (Å²) in [4.78, 5) is 14.7. The first kappa shape index (κ1) is 17.3. The number of hydrogen-bond donors (Lipinski definition) is 1. The lowest BCUT2D eigenvalue weighted by atomic mass is 10.2. The maximum atomic E-state index is 12.2. The number of aromatic nitrogens is 4. The van der Waals surface area contributed by atoms with Gasteiger partial charge in [-0.2, -0.15) is 0 Å². The molecule has 4 rings (SSSR count). The number of anilines is 2. The van der Waals surface area contributed by atoms with Gasteiger partial charge < -0.3 is 10.2 Å². The smallest absolute Gasteiger partial charge is 0.234 e. The highest BCUT2D eigenvalue weighted by Crippen LogP contribution is 2.36. The van der Waals surface area contributed by atoms with E-state index in [1.165, 1.54) is 43.1 Å². The Morgan fingerprint density at radius 2 is 1.85 bits per heavy atom. The van der Waals surface area contributed by atoms with E-state index in [4.69, 9.17) is 0 Å². The van der Waals surface area contributed by atoms with Crippen LogP contribution >= 0.6 is 11.8 Å². The molecule has 7 nitrogen and oxygen atoms in total. The molecule has 1 amide bonds. The van der Waals surface area contributed by atoms with Crippen LogP contribution in [0.3, 0.4) is 0 Å². The second-order valence-corrected chi connectivity index (χ2v) is 7.86. The Bertz CT molecular complexity index is 734. The van der Waals surface area contributed by atoms with Crippen molar-refractivity contribution in [2.24, 2.45) is 0 Å². The molecule has 1 aromatic heterocycles. The van der Waals surface area contributed by atoms with Gasteiger partial charge in [0.2, 0.25) is 11.1 Å². The summed E-state index contributed by atoms with van der Waals surface area (Å²) in [6.45, 7) is 2.25. The van der Waals surface area contributed by atoms with Crippen LogP contribution in [0, 0.1) is 0 Å². The highest BCUT2D eigenvalue weighted by atomic mass is 32.2. The Labute approximate surface area is 157 Å². The number of nitrogens with one attached hydrogen (secondary N) is 1. The van der Waals surface area contributed by atoms with E-state index in [1.54, 1.807) is 0 Å². The van der Waals surface area contributed by atoms with Gasteiger partial charge in [0.25, 0.3) is 0 Å². The Morgan fingerprint density at radius 1 is 1.12 bits per heavy atom. The number of nitrogens with zero attached hydrogens (tertiary/aromatic N) is 5. The SMILES string of the molecule is O=C(CSc1nnnn1C1CC1)Nc1ccc(N2CCCCCC2)cc1. The first-order valence-electron chi connectivity index (χ1n) is 9.35. The molecule has 1 aliphatic heterocycles. The zero-order valence-electron chi connectivity index (χ0n) is 14.8. The predicted octanol–water partition coefficient (Wildman–Crippen LogP) is 3.12. The van der Waals surface area contributed by atoms with Gasteiger partial charge in [-0.15, -0.1) is 5.10 Å². The maximum Gasteiger partial charge on any atom is 0.234 e. The van der Waals surface area contributed by atoms with E-state index in [1.807, 2.05) is 16.8 Å². The zero-order valence-corrected chi connectivity index (χ0v) is 15.6. The summed E-state index contributed by atoms with van der Waals surface area (Å²) in [7, 11) is 0. The number of thioether (sulfide) groups is 1. The first-order valence-corrected chi connectivity index (χ1v) is 10.3. The fourth-order valence-corrected chi connectivity index (χ4v) is 3.98. The van der Waals surface area contributed by atoms with Crippen LogP contribution in [0.25, 0.3) is 0 Å². The van der Waals surface area contributed by atoms with Crippen molar-refractivity contribution in [1.29, 1.82) is 0 Å². The van der Waals surface area contributed by atoms with E-state index in [2.05, 4.69) is 37.9 Å². The molecule has 2 heterocycles. The number of rotatable bonds is 6. The maximum absolute atomic E-state index is 12.2. The third-order valence-electron chi connectivity index (χ3n) is 4.81. The van der Waals surface area contributed by atoms with Gasteiger partial charge in [-0.3, -0.25) is 4.79 Å². The van der Waals surface area contributed by atoms with Gasteiger partial charge in [0.05, 0.1) is 11.8 Å². The molecule has 26 heavy (non-hydrogen) atoms. The van der Waals surface area contributed by atoms with Crippen molar-refractivity contribution in [3.05, 3.63) is 24.3 Å². The van der Waals surface area contributed by atoms with Crippen LogP contribution in [0.15, 0.2) is 29.4 Å². The van der Waals surface area contributed by atoms with Gasteiger partial charge in [0.1, 0.15) is 0 Å². The van der Waals surface area contributed by atoms with Crippen LogP contribution < -0.4 is 10.2 Å². The minimum absolute atomic E-state index is 0.0390. The third-order valence-corrected chi connectivity index (χ3v) is 5.74. The number of amides is 1. The van der Waals surface area contributed by atoms with E-state index in [9.17, 15) is 4.79 Å². The molecule has 0 radical (unpaired) electrons. The lowest BCUT2D eigenvalue weighted by Crippen LogP contribution is -2.23. The zero-order chi connectivity index (χ0) is 17.8. The summed E-state index contributed by atoms with van der Waals surface area (Å²) < 4.78 is 1.83. The molecular formula is C18H24N6OS. The monoisotopic (exact) mass is 372 g/mol. The van der Waals surface area contributed by atoms with Crippen molar-refractivity contribution in [3.8, 4) is 0 Å². The molecule has 2 aromatic rings. The van der Waals surface area contributed by atoms with Gasteiger partial charge in [-0.25, -0.2) is 4.68 Å². The molecule has 1 aromatic carbocycles. The van der Waals surface area contributed by atoms with Gasteiger partial charge in [0, 0.05) is 24.5 Å². The van der Waals surface area contributed by atoms with Crippen molar-refractivity contribution >= 4 is 29.0 Å². The number of benzene rings is 1. The van der Waals surface area contributed by atoms with Gasteiger partial charge >= 0.3 is 0 Å². The predicted molar refractivity (Wildman–Crippen MR) is 103 cm³/mol. The highest BCUT2D eigenvalue weighted by molar-refractivity contribution is 7.99. The highest BCUT2D eigenvalue weighted by Gasteiger charge is 2.28. The quantitative estimate of drug-likeness (QED) is 0.785. The molecule has 2 fully saturated rings. The molecule has 8 heteroatoms. The Kier molecular flexibility index (Phi) is 5.38. The van der Waals surface area contributed by atoms with Gasteiger partial charge in [-0.05, 0) is 60.4 Å². The molecule has 1 N–H and O–H groups in total. The summed E-state index contributed by atoms with van der Waals surface area (Å²) in [5, 5.41) is 15.4. The summed E-state index contributed by atoms with van der Waals surface area (Å²) in [6, 6.07) is 8.58. The molecule has 2 aliphatic rings. The van der Waals surface area contributed by atoms with Crippen LogP contribution in [-0.4, -0.2) is 45.0 Å². The van der Waals surface area contributed by atoms with Crippen LogP contribution in [0.2, 0.25) is 0 Å². The van der Waals surface area contributed by atoms with Crippen molar-refractivity contribution in [1.82, 2.24) is 20.2 Å². The van der Waals surface area contributed by atoms with Gasteiger partial charge in [-0.1, -0.05) is 24.6 Å². The average Bonchev–Trinajstić information content (AvgIpc) is 3.44. The molecule has 1 saturated heterocycles. The molecule has 0 unspecified atom stereocenters. The van der Waals surface area contributed by atoms with Crippen molar-refractivity contribution in [2.45, 2.75) is 49.7 Å². The van der Waals surface area contributed by atoms with Crippen molar-refractivity contribution in [3.63, 3.8) is 0 Å². The van der Waals surface area contributed by atoms with E-state index in [-0.39, 0.29) is 5.91 Å². The lowest BCUT2D eigenvalue weighted by molar-refractivity contribution is -0.113. The minimum Gasteiger partial charge on any atom is -0.372 e. The van der Waals surface area contributed by atoms with Crippen LogP contribution in [-0.2, 0) is 4.79 Å². The van der Waals surface area contributed by atoms with Crippen molar-refractivity contribution in [2.75, 3.05) is 29.1 Å². The van der Waals surface area contributed by atoms with E-state index in [0.29, 0.717) is 11.8 Å². The summed E-state index contributed by atoms with van der Waals surface area (Å²) in [5.41, 5.74) is 2.07. The number of hydrogen-bond acceptors (Lipinski definition) is 6. The van der Waals surface area contributed by atoms with Crippen LogP contribution in [0.5, 0.6) is 0 Å². The molecule has 138 valence electrons. The standard InChI is InChI=1S/C18H24N6OS/c25-17(13-26-18-20-21-22-24(18)16-9-10-16)19-14-5-7-15(8-6-14)23-11-3-1-2-4-12-23/h5-8,16H,1-4,9-13H2,(H,19,25). The normalized spacial score (nSPS) is 17.8. The van der Waals surface area contributed by atoms with Crippen LogP contribution in [0.1, 0.15) is 44.6 Å². The summed E-state index contributed by atoms with van der Waals surface area (Å²) in [6.07, 6.45) is 7.41. The van der Waals surface area contributed by atoms with E-state index >= 15 is 0 Å². The first-order chi connectivity index (χ1) is 12.8. The molecule has 0 spiro atoms. The number of carbonyl (C=O) groups is 1. The fourth-order valence-electron chi connectivity index (χ4n) is 3.24. The van der Waals surface area contributed by atoms with Crippen molar-refractivity contribution < 1.29 is 4.79 Å². The molecule has 1 saturated carbocycles. The molecule has 0 atom stereocenters. The lowest BCUT2D eigenvalue weighted by Gasteiger charge is -2.22. The third kappa shape index (κ3) is 4.35. The topological polar surface area (TPSA) is 75.9 Å². The minimum atomic E-state index is -0.0390. The molecular weight excluding hydrogens is 348 g/mol. The second kappa shape index (κ2) is 8.07. The van der Waals surface area contributed by atoms with E-state index in [0.717, 1.165) is 36.8 Å².